The van der Waals surface area contributed by atoms with Crippen LogP contribution in [0, 0.1) is 13.8 Å². The van der Waals surface area contributed by atoms with Gasteiger partial charge in [0.2, 0.25) is 0 Å². The second-order valence-electron chi connectivity index (χ2n) is 2.24. The zero-order valence-electron chi connectivity index (χ0n) is 6.47. The highest BCUT2D eigenvalue weighted by Crippen LogP contribution is 2.15. The number of hydrogen-bond donors (Lipinski definition) is 0. The smallest absolute Gasteiger partial charge is 0.136 e. The summed E-state index contributed by atoms with van der Waals surface area (Å²) >= 11 is 1.76. The molecular weight excluding hydrogens is 146 g/mol. The molecule has 0 saturated heterocycles. The molecule has 0 unspecified atom stereocenters. The first kappa shape index (κ1) is 7.66. The summed E-state index contributed by atoms with van der Waals surface area (Å²) < 4.78 is 4.98. The van der Waals surface area contributed by atoms with Crippen LogP contribution in [0.15, 0.2) is 4.52 Å². The summed E-state index contributed by atoms with van der Waals surface area (Å²) in [6.45, 7) is 3.98. The second kappa shape index (κ2) is 3.10. The topological polar surface area (TPSA) is 26.0 Å². The van der Waals surface area contributed by atoms with E-state index in [4.69, 9.17) is 4.52 Å². The maximum Gasteiger partial charge on any atom is 0.136 e. The maximum absolute atomic E-state index is 4.98. The van der Waals surface area contributed by atoms with E-state index >= 15 is 0 Å². The van der Waals surface area contributed by atoms with E-state index in [9.17, 15) is 0 Å². The lowest BCUT2D eigenvalue weighted by Crippen LogP contribution is -1.82. The molecule has 0 aliphatic rings. The van der Waals surface area contributed by atoms with Crippen molar-refractivity contribution in [2.45, 2.75) is 19.6 Å². The van der Waals surface area contributed by atoms with Crippen LogP contribution in [0.2, 0.25) is 0 Å². The van der Waals surface area contributed by atoms with Gasteiger partial charge in [-0.05, 0) is 20.1 Å². The number of nitrogens with zero attached hydrogens (tertiary/aromatic N) is 1. The summed E-state index contributed by atoms with van der Waals surface area (Å²) in [5.41, 5.74) is 2.26. The Kier molecular flexibility index (Phi) is 2.38. The van der Waals surface area contributed by atoms with Gasteiger partial charge in [0.1, 0.15) is 5.76 Å². The molecular formula is C7H11NOS. The van der Waals surface area contributed by atoms with Gasteiger partial charge in [0, 0.05) is 11.3 Å². The van der Waals surface area contributed by atoms with Gasteiger partial charge in [-0.2, -0.15) is 11.8 Å². The molecule has 0 bridgehead atoms. The minimum absolute atomic E-state index is 0.934. The number of aryl methyl sites for hydroxylation is 1. The molecule has 1 aromatic rings. The Balaban J connectivity index is 2.83. The van der Waals surface area contributed by atoms with Crippen LogP contribution in [-0.2, 0) is 5.75 Å². The minimum Gasteiger partial charge on any atom is -0.361 e. The quantitative estimate of drug-likeness (QED) is 0.658. The molecule has 0 aliphatic heterocycles. The van der Waals surface area contributed by atoms with Crippen molar-refractivity contribution in [3.05, 3.63) is 17.0 Å². The third-order valence-corrected chi connectivity index (χ3v) is 2.10. The third kappa shape index (κ3) is 1.34. The zero-order chi connectivity index (χ0) is 7.56. The molecule has 0 radical (unpaired) electrons. The van der Waals surface area contributed by atoms with Crippen molar-refractivity contribution in [3.8, 4) is 0 Å². The average molecular weight is 157 g/mol. The molecule has 0 amide bonds. The van der Waals surface area contributed by atoms with E-state index in [0.29, 0.717) is 0 Å². The van der Waals surface area contributed by atoms with Crippen LogP contribution in [0.4, 0.5) is 0 Å². The van der Waals surface area contributed by atoms with Crippen LogP contribution in [0.3, 0.4) is 0 Å². The van der Waals surface area contributed by atoms with E-state index in [2.05, 4.69) is 11.4 Å². The van der Waals surface area contributed by atoms with Gasteiger partial charge in [-0.1, -0.05) is 5.16 Å². The van der Waals surface area contributed by atoms with Crippen LogP contribution >= 0.6 is 11.8 Å². The van der Waals surface area contributed by atoms with Gasteiger partial charge in [0.25, 0.3) is 0 Å². The molecule has 10 heavy (non-hydrogen) atoms. The summed E-state index contributed by atoms with van der Waals surface area (Å²) in [5, 5.41) is 3.91. The van der Waals surface area contributed by atoms with Crippen LogP contribution in [0.25, 0.3) is 0 Å². The Morgan fingerprint density at radius 1 is 1.50 bits per heavy atom. The summed E-state index contributed by atoms with van der Waals surface area (Å²) in [5.74, 6) is 1.88. The lowest BCUT2D eigenvalue weighted by molar-refractivity contribution is 0.392. The fourth-order valence-corrected chi connectivity index (χ4v) is 1.28. The summed E-state index contributed by atoms with van der Waals surface area (Å²) in [6.07, 6.45) is 2.06. The Hall–Kier alpha value is -0.440. The second-order valence-corrected chi connectivity index (χ2v) is 3.11. The van der Waals surface area contributed by atoms with Gasteiger partial charge < -0.3 is 4.52 Å². The first-order chi connectivity index (χ1) is 4.75. The van der Waals surface area contributed by atoms with Crippen molar-refractivity contribution in [2.24, 2.45) is 0 Å². The molecule has 0 N–H and O–H groups in total. The average Bonchev–Trinajstić information content (AvgIpc) is 2.20. The molecule has 2 nitrogen and oxygen atoms in total. The maximum atomic E-state index is 4.98. The van der Waals surface area contributed by atoms with E-state index in [1.165, 1.54) is 5.56 Å². The van der Waals surface area contributed by atoms with E-state index in [0.717, 1.165) is 17.2 Å². The van der Waals surface area contributed by atoms with Gasteiger partial charge in [0.05, 0.1) is 5.69 Å². The number of hydrogen-bond acceptors (Lipinski definition) is 3. The Morgan fingerprint density at radius 3 is 2.60 bits per heavy atom. The molecule has 0 atom stereocenters. The van der Waals surface area contributed by atoms with E-state index in [1.807, 2.05) is 13.8 Å². The predicted octanol–water partition coefficient (Wildman–Crippen LogP) is 2.15. The van der Waals surface area contributed by atoms with Crippen molar-refractivity contribution < 1.29 is 4.52 Å². The number of thioether (sulfide) groups is 1. The zero-order valence-corrected chi connectivity index (χ0v) is 7.29. The fourth-order valence-electron chi connectivity index (χ4n) is 0.735. The van der Waals surface area contributed by atoms with E-state index in [1.54, 1.807) is 11.8 Å². The number of aromatic nitrogens is 1. The molecule has 0 fully saturated rings. The summed E-state index contributed by atoms with van der Waals surface area (Å²) in [6, 6.07) is 0. The highest BCUT2D eigenvalue weighted by atomic mass is 32.2. The molecule has 0 aliphatic carbocycles. The first-order valence-electron chi connectivity index (χ1n) is 3.16. The van der Waals surface area contributed by atoms with Crippen LogP contribution < -0.4 is 0 Å². The van der Waals surface area contributed by atoms with Crippen molar-refractivity contribution in [1.29, 1.82) is 0 Å². The highest BCUT2D eigenvalue weighted by Gasteiger charge is 2.05. The van der Waals surface area contributed by atoms with Crippen LogP contribution in [-0.4, -0.2) is 11.4 Å². The van der Waals surface area contributed by atoms with E-state index < -0.39 is 0 Å². The van der Waals surface area contributed by atoms with Gasteiger partial charge in [-0.25, -0.2) is 0 Å². The largest absolute Gasteiger partial charge is 0.361 e. The minimum atomic E-state index is 0.934. The lowest BCUT2D eigenvalue weighted by Gasteiger charge is -1.89. The normalized spacial score (nSPS) is 10.3. The molecule has 3 heteroatoms. The summed E-state index contributed by atoms with van der Waals surface area (Å²) in [4.78, 5) is 0. The lowest BCUT2D eigenvalue weighted by atomic mass is 10.2. The third-order valence-electron chi connectivity index (χ3n) is 1.53. The molecule has 0 saturated carbocycles. The Labute approximate surface area is 65.0 Å². The van der Waals surface area contributed by atoms with Crippen LogP contribution in [0.5, 0.6) is 0 Å². The van der Waals surface area contributed by atoms with Crippen molar-refractivity contribution >= 4 is 11.8 Å². The van der Waals surface area contributed by atoms with Gasteiger partial charge >= 0.3 is 0 Å². The van der Waals surface area contributed by atoms with E-state index in [-0.39, 0.29) is 0 Å². The molecule has 1 rings (SSSR count). The molecule has 56 valence electrons. The predicted molar refractivity (Wildman–Crippen MR) is 43.2 cm³/mol. The molecule has 1 heterocycles. The Morgan fingerprint density at radius 2 is 2.20 bits per heavy atom. The van der Waals surface area contributed by atoms with Crippen molar-refractivity contribution in [1.82, 2.24) is 5.16 Å². The number of rotatable bonds is 2. The SMILES string of the molecule is CSCc1noc(C)c1C. The first-order valence-corrected chi connectivity index (χ1v) is 4.55. The standard InChI is InChI=1S/C7H11NOS/c1-5-6(2)9-8-7(5)4-10-3/h4H2,1-3H3. The molecule has 0 spiro atoms. The molecule has 1 aromatic heterocycles. The van der Waals surface area contributed by atoms with Gasteiger partial charge in [-0.3, -0.25) is 0 Å². The van der Waals surface area contributed by atoms with Gasteiger partial charge in [-0.15, -0.1) is 0 Å². The highest BCUT2D eigenvalue weighted by molar-refractivity contribution is 7.97. The Bertz CT molecular complexity index is 219. The fraction of sp³-hybridized carbons (Fsp3) is 0.571. The van der Waals surface area contributed by atoms with Gasteiger partial charge in [0.15, 0.2) is 0 Å². The monoisotopic (exact) mass is 157 g/mol. The van der Waals surface area contributed by atoms with Crippen molar-refractivity contribution in [3.63, 3.8) is 0 Å². The summed E-state index contributed by atoms with van der Waals surface area (Å²) in [7, 11) is 0. The molecule has 0 aromatic carbocycles. The van der Waals surface area contributed by atoms with Crippen LogP contribution in [0.1, 0.15) is 17.0 Å². The van der Waals surface area contributed by atoms with Crippen molar-refractivity contribution in [2.75, 3.05) is 6.26 Å².